The van der Waals surface area contributed by atoms with Gasteiger partial charge in [0.1, 0.15) is 0 Å². The maximum Gasteiger partial charge on any atom is 0.240 e. The molecule has 0 saturated carbocycles. The molecule has 0 unspecified atom stereocenters. The van der Waals surface area contributed by atoms with Gasteiger partial charge in [-0.3, -0.25) is 4.90 Å². The molecule has 0 spiro atoms. The Hall–Kier alpha value is -4.19. The van der Waals surface area contributed by atoms with Gasteiger partial charge in [-0.15, -0.1) is 0 Å². The Bertz CT molecular complexity index is 1920. The van der Waals surface area contributed by atoms with E-state index in [0.717, 1.165) is 38.9 Å². The predicted molar refractivity (Wildman–Crippen MR) is 194 cm³/mol. The van der Waals surface area contributed by atoms with Crippen LogP contribution in [-0.4, -0.2) is 49.3 Å². The van der Waals surface area contributed by atoms with Crippen molar-refractivity contribution in [2.75, 3.05) is 13.6 Å². The van der Waals surface area contributed by atoms with E-state index in [0.29, 0.717) is 13.0 Å². The first kappa shape index (κ1) is 35.6. The fourth-order valence-electron chi connectivity index (χ4n) is 6.32. The van der Waals surface area contributed by atoms with Crippen LogP contribution < -0.4 is 4.72 Å². The van der Waals surface area contributed by atoms with Gasteiger partial charge < -0.3 is 19.7 Å². The van der Waals surface area contributed by atoms with Crippen LogP contribution in [0.4, 0.5) is 0 Å². The Kier molecular flexibility index (Phi) is 11.6. The molecule has 260 valence electrons. The van der Waals surface area contributed by atoms with Crippen molar-refractivity contribution in [1.82, 2.24) is 9.62 Å². The van der Waals surface area contributed by atoms with Crippen molar-refractivity contribution in [3.05, 3.63) is 161 Å². The quantitative estimate of drug-likeness (QED) is 0.123. The van der Waals surface area contributed by atoms with Crippen LogP contribution in [0.1, 0.15) is 59.7 Å². The highest BCUT2D eigenvalue weighted by Crippen LogP contribution is 2.39. The number of nitrogens with zero attached hydrogens (tertiary/aromatic N) is 1. The number of ether oxygens (including phenoxy) is 2. The van der Waals surface area contributed by atoms with Gasteiger partial charge in [-0.2, -0.15) is 0 Å². The maximum absolute atomic E-state index is 12.9. The van der Waals surface area contributed by atoms with Crippen molar-refractivity contribution in [3.63, 3.8) is 0 Å². The van der Waals surface area contributed by atoms with E-state index in [1.807, 2.05) is 117 Å². The minimum absolute atomic E-state index is 0.0268. The highest BCUT2D eigenvalue weighted by atomic mass is 32.2. The molecule has 0 bridgehead atoms. The van der Waals surface area contributed by atoms with Crippen molar-refractivity contribution in [2.24, 2.45) is 0 Å². The number of nitrogens with one attached hydrogen (secondary N) is 1. The van der Waals surface area contributed by atoms with Gasteiger partial charge in [0.2, 0.25) is 10.0 Å². The van der Waals surface area contributed by atoms with Crippen LogP contribution in [0.15, 0.2) is 138 Å². The predicted octanol–water partition coefficient (Wildman–Crippen LogP) is 6.92. The number of aliphatic hydroxyl groups is 2. The third-order valence-electron chi connectivity index (χ3n) is 9.42. The second kappa shape index (κ2) is 16.2. The van der Waals surface area contributed by atoms with Crippen LogP contribution in [0, 0.1) is 0 Å². The smallest absolute Gasteiger partial charge is 0.240 e. The largest absolute Gasteiger partial charge is 0.392 e. The molecule has 50 heavy (non-hydrogen) atoms. The highest BCUT2D eigenvalue weighted by Gasteiger charge is 2.34. The second-order valence-corrected chi connectivity index (χ2v) is 14.6. The lowest BCUT2D eigenvalue weighted by molar-refractivity contribution is -0.253. The highest BCUT2D eigenvalue weighted by molar-refractivity contribution is 7.89. The van der Waals surface area contributed by atoms with Crippen molar-refractivity contribution in [1.29, 1.82) is 0 Å². The standard InChI is InChI=1S/C41H44N2O6S/c1-29(40(45)33-11-5-3-6-12-33)43(2)27-36-25-39(32-19-17-30(28-44)18-20-32)49-41(48-36)34-23-21-31(22-24-34)38-16-10-9-13-35(38)26-42-50(46,47)37-14-7-4-8-15-37/h3-24,29,36,39-42,44-45H,25-28H2,1-2H3/t29-,36-,39+,40-,41+/m1/s1. The summed E-state index contributed by atoms with van der Waals surface area (Å²) in [6.07, 6.45) is -1.10. The summed E-state index contributed by atoms with van der Waals surface area (Å²) < 4.78 is 41.7. The lowest BCUT2D eigenvalue weighted by Crippen LogP contribution is -2.43. The summed E-state index contributed by atoms with van der Waals surface area (Å²) in [5.41, 5.74) is 6.28. The first-order chi connectivity index (χ1) is 24.2. The van der Waals surface area contributed by atoms with Crippen LogP contribution in [0.25, 0.3) is 11.1 Å². The first-order valence-corrected chi connectivity index (χ1v) is 18.4. The van der Waals surface area contributed by atoms with Crippen LogP contribution in [0.5, 0.6) is 0 Å². The van der Waals surface area contributed by atoms with E-state index in [2.05, 4.69) is 9.62 Å². The Morgan fingerprint density at radius 2 is 1.42 bits per heavy atom. The van der Waals surface area contributed by atoms with E-state index in [1.165, 1.54) is 0 Å². The molecule has 1 fully saturated rings. The molecule has 0 radical (unpaired) electrons. The number of hydrogen-bond acceptors (Lipinski definition) is 7. The number of sulfonamides is 1. The van der Waals surface area contributed by atoms with Gasteiger partial charge in [0.05, 0.1) is 29.8 Å². The number of likely N-dealkylation sites (N-methyl/N-ethyl adjacent to an activating group) is 1. The molecule has 3 N–H and O–H groups in total. The Morgan fingerprint density at radius 3 is 2.10 bits per heavy atom. The molecule has 1 aliphatic heterocycles. The third-order valence-corrected chi connectivity index (χ3v) is 10.8. The fourth-order valence-corrected chi connectivity index (χ4v) is 7.35. The summed E-state index contributed by atoms with van der Waals surface area (Å²) in [6.45, 7) is 2.72. The number of benzene rings is 5. The zero-order valence-corrected chi connectivity index (χ0v) is 29.1. The van der Waals surface area contributed by atoms with Gasteiger partial charge in [0, 0.05) is 31.1 Å². The summed E-state index contributed by atoms with van der Waals surface area (Å²) in [7, 11) is -1.66. The van der Waals surface area contributed by atoms with Gasteiger partial charge in [-0.25, -0.2) is 13.1 Å². The lowest BCUT2D eigenvalue weighted by Gasteiger charge is -2.39. The zero-order valence-electron chi connectivity index (χ0n) is 28.3. The Morgan fingerprint density at radius 1 is 0.800 bits per heavy atom. The van der Waals surface area contributed by atoms with E-state index in [1.54, 1.807) is 30.3 Å². The molecule has 1 aliphatic rings. The van der Waals surface area contributed by atoms with Crippen LogP contribution >= 0.6 is 0 Å². The second-order valence-electron chi connectivity index (χ2n) is 12.8. The van der Waals surface area contributed by atoms with Crippen molar-refractivity contribution < 1.29 is 28.1 Å². The molecule has 8 nitrogen and oxygen atoms in total. The Balaban J connectivity index is 1.20. The topological polar surface area (TPSA) is 108 Å². The van der Waals surface area contributed by atoms with E-state index < -0.39 is 22.4 Å². The van der Waals surface area contributed by atoms with Crippen LogP contribution in [0.2, 0.25) is 0 Å². The van der Waals surface area contributed by atoms with Gasteiger partial charge >= 0.3 is 0 Å². The molecule has 6 rings (SSSR count). The average molecular weight is 693 g/mol. The minimum atomic E-state index is -3.66. The van der Waals surface area contributed by atoms with E-state index >= 15 is 0 Å². The van der Waals surface area contributed by atoms with Gasteiger partial charge in [0.15, 0.2) is 6.29 Å². The number of hydrogen-bond donors (Lipinski definition) is 3. The zero-order chi connectivity index (χ0) is 35.1. The maximum atomic E-state index is 12.9. The lowest BCUT2D eigenvalue weighted by atomic mass is 9.97. The monoisotopic (exact) mass is 692 g/mol. The van der Waals surface area contributed by atoms with E-state index in [-0.39, 0.29) is 36.3 Å². The SMILES string of the molecule is C[C@H]([C@@H](O)c1ccccc1)N(C)C[C@H]1C[C@@H](c2ccc(CO)cc2)O[C@@H](c2ccc(-c3ccccc3CNS(=O)(=O)c3ccccc3)cc2)O1. The number of aliphatic hydroxyl groups excluding tert-OH is 2. The molecule has 0 aliphatic carbocycles. The number of rotatable bonds is 13. The van der Waals surface area contributed by atoms with Crippen molar-refractivity contribution in [3.8, 4) is 11.1 Å². The molecular weight excluding hydrogens is 649 g/mol. The molecule has 1 heterocycles. The third kappa shape index (κ3) is 8.57. The van der Waals surface area contributed by atoms with Crippen molar-refractivity contribution in [2.45, 2.75) is 62.0 Å². The molecule has 1 saturated heterocycles. The van der Waals surface area contributed by atoms with Gasteiger partial charge in [-0.1, -0.05) is 121 Å². The van der Waals surface area contributed by atoms with Gasteiger partial charge in [0.25, 0.3) is 0 Å². The minimum Gasteiger partial charge on any atom is -0.392 e. The molecule has 0 amide bonds. The van der Waals surface area contributed by atoms with E-state index in [4.69, 9.17) is 9.47 Å². The van der Waals surface area contributed by atoms with Crippen LogP contribution in [0.3, 0.4) is 0 Å². The molecule has 5 aromatic rings. The van der Waals surface area contributed by atoms with E-state index in [9.17, 15) is 18.6 Å². The normalized spacial score (nSPS) is 19.3. The molecule has 9 heteroatoms. The summed E-state index contributed by atoms with van der Waals surface area (Å²) >= 11 is 0. The fraction of sp³-hybridized carbons (Fsp3) is 0.268. The summed E-state index contributed by atoms with van der Waals surface area (Å²) in [5.74, 6) is 0. The Labute approximate surface area is 295 Å². The molecule has 5 atom stereocenters. The summed E-state index contributed by atoms with van der Waals surface area (Å²) in [4.78, 5) is 2.35. The van der Waals surface area contributed by atoms with Crippen molar-refractivity contribution >= 4 is 10.0 Å². The average Bonchev–Trinajstić information content (AvgIpc) is 3.17. The summed E-state index contributed by atoms with van der Waals surface area (Å²) in [6, 6.07) is 41.4. The van der Waals surface area contributed by atoms with Crippen LogP contribution in [-0.2, 0) is 32.6 Å². The van der Waals surface area contributed by atoms with Gasteiger partial charge in [-0.05, 0) is 59.5 Å². The summed E-state index contributed by atoms with van der Waals surface area (Å²) in [5, 5.41) is 20.7. The molecule has 0 aromatic heterocycles. The first-order valence-electron chi connectivity index (χ1n) is 16.9. The molecule has 5 aromatic carbocycles. The molecular formula is C41H44N2O6S.